The maximum atomic E-state index is 12.6. The molecule has 2 aromatic carbocycles. The van der Waals surface area contributed by atoms with Crippen molar-refractivity contribution in [2.75, 3.05) is 11.9 Å². The number of para-hydroxylation sites is 1. The van der Waals surface area contributed by atoms with Gasteiger partial charge in [0.05, 0.1) is 18.6 Å². The van der Waals surface area contributed by atoms with Crippen molar-refractivity contribution < 1.29 is 14.3 Å². The van der Waals surface area contributed by atoms with Crippen LogP contribution in [0.4, 0.5) is 5.69 Å². The van der Waals surface area contributed by atoms with Crippen LogP contribution in [0.3, 0.4) is 0 Å². The number of anilines is 1. The molecule has 0 saturated carbocycles. The van der Waals surface area contributed by atoms with Gasteiger partial charge in [-0.05, 0) is 50.2 Å². The number of amides is 1. The third kappa shape index (κ3) is 4.93. The normalized spacial score (nSPS) is 11.5. The van der Waals surface area contributed by atoms with Crippen molar-refractivity contribution in [2.45, 2.75) is 26.4 Å². The van der Waals surface area contributed by atoms with E-state index in [1.54, 1.807) is 43.4 Å². The summed E-state index contributed by atoms with van der Waals surface area (Å²) in [5, 5.41) is 9.37. The molecule has 0 aliphatic carbocycles. The van der Waals surface area contributed by atoms with E-state index in [4.69, 9.17) is 4.74 Å². The molecule has 2 rings (SSSR count). The van der Waals surface area contributed by atoms with E-state index in [-0.39, 0.29) is 24.2 Å². The van der Waals surface area contributed by atoms with Crippen LogP contribution in [0, 0.1) is 17.2 Å². The number of hydrogen-bond donors (Lipinski definition) is 0. The molecule has 5 heteroatoms. The maximum absolute atomic E-state index is 12.6. The van der Waals surface area contributed by atoms with Gasteiger partial charge in [0.25, 0.3) is 0 Å². The van der Waals surface area contributed by atoms with Gasteiger partial charge in [0.1, 0.15) is 11.7 Å². The first-order chi connectivity index (χ1) is 12.4. The molecule has 1 atom stereocenters. The number of nitriles is 1. The molecule has 0 N–H and O–H groups in total. The van der Waals surface area contributed by atoms with Crippen molar-refractivity contribution in [3.8, 4) is 11.8 Å². The Morgan fingerprint density at radius 3 is 2.23 bits per heavy atom. The van der Waals surface area contributed by atoms with Crippen molar-refractivity contribution in [3.63, 3.8) is 0 Å². The maximum Gasteiger partial charge on any atom is 0.228 e. The first kappa shape index (κ1) is 19.2. The second-order valence-corrected chi connectivity index (χ2v) is 6.23. The van der Waals surface area contributed by atoms with Crippen molar-refractivity contribution in [2.24, 2.45) is 5.92 Å². The van der Waals surface area contributed by atoms with Crippen molar-refractivity contribution in [3.05, 3.63) is 60.2 Å². The van der Waals surface area contributed by atoms with Crippen molar-refractivity contribution >= 4 is 17.4 Å². The highest BCUT2D eigenvalue weighted by molar-refractivity contribution is 6.03. The van der Waals surface area contributed by atoms with E-state index in [1.807, 2.05) is 38.1 Å². The summed E-state index contributed by atoms with van der Waals surface area (Å²) < 4.78 is 5.54. The van der Waals surface area contributed by atoms with Gasteiger partial charge < -0.3 is 9.64 Å². The number of Topliss-reactive ketones (excluding diaryl/α,β-unsaturated/α-hetero) is 1. The predicted octanol–water partition coefficient (Wildman–Crippen LogP) is 3.85. The number of benzene rings is 2. The molecule has 0 fully saturated rings. The lowest BCUT2D eigenvalue weighted by atomic mass is 9.95. The topological polar surface area (TPSA) is 70.4 Å². The number of carbonyl (C=O) groups excluding carboxylic acids is 2. The van der Waals surface area contributed by atoms with Gasteiger partial charge in [0.15, 0.2) is 5.78 Å². The third-order valence-corrected chi connectivity index (χ3v) is 3.88. The Hall–Kier alpha value is -3.13. The molecular weight excluding hydrogens is 328 g/mol. The zero-order valence-corrected chi connectivity index (χ0v) is 15.2. The van der Waals surface area contributed by atoms with E-state index >= 15 is 0 Å². The lowest BCUT2D eigenvalue weighted by Gasteiger charge is -2.18. The molecule has 2 aromatic rings. The van der Waals surface area contributed by atoms with Crippen LogP contribution in [0.5, 0.6) is 5.75 Å². The Bertz CT molecular complexity index is 792. The summed E-state index contributed by atoms with van der Waals surface area (Å²) in [6.07, 6.45) is -0.125. The quantitative estimate of drug-likeness (QED) is 0.711. The number of hydrogen-bond acceptors (Lipinski definition) is 4. The first-order valence-corrected chi connectivity index (χ1v) is 8.44. The Kier molecular flexibility index (Phi) is 6.51. The zero-order valence-electron chi connectivity index (χ0n) is 15.2. The molecule has 0 radical (unpaired) electrons. The largest absolute Gasteiger partial charge is 0.491 e. The standard InChI is InChI=1S/C21H22N2O3/c1-15(2)26-19-11-9-16(10-12-19)21(25)17(14-22)13-20(24)23(3)18-7-5-4-6-8-18/h4-12,15,17H,13H2,1-3H3. The van der Waals surface area contributed by atoms with Crippen LogP contribution in [0.15, 0.2) is 54.6 Å². The summed E-state index contributed by atoms with van der Waals surface area (Å²) in [7, 11) is 1.63. The smallest absolute Gasteiger partial charge is 0.228 e. The SMILES string of the molecule is CC(C)Oc1ccc(C(=O)C(C#N)CC(=O)N(C)c2ccccc2)cc1. The van der Waals surface area contributed by atoms with Gasteiger partial charge in [-0.1, -0.05) is 18.2 Å². The van der Waals surface area contributed by atoms with E-state index in [1.165, 1.54) is 4.90 Å². The molecule has 0 saturated heterocycles. The van der Waals surface area contributed by atoms with Gasteiger partial charge in [-0.2, -0.15) is 5.26 Å². The van der Waals surface area contributed by atoms with Crippen LogP contribution in [-0.2, 0) is 4.79 Å². The highest BCUT2D eigenvalue weighted by Crippen LogP contribution is 2.20. The summed E-state index contributed by atoms with van der Waals surface area (Å²) in [5.41, 5.74) is 1.11. The van der Waals surface area contributed by atoms with Crippen LogP contribution in [-0.4, -0.2) is 24.8 Å². The summed E-state index contributed by atoms with van der Waals surface area (Å²) in [4.78, 5) is 26.5. The number of rotatable bonds is 7. The van der Waals surface area contributed by atoms with Gasteiger partial charge in [-0.25, -0.2) is 0 Å². The molecule has 0 bridgehead atoms. The minimum Gasteiger partial charge on any atom is -0.491 e. The average Bonchev–Trinajstić information content (AvgIpc) is 2.65. The molecule has 0 aliphatic heterocycles. The lowest BCUT2D eigenvalue weighted by molar-refractivity contribution is -0.118. The second-order valence-electron chi connectivity index (χ2n) is 6.23. The van der Waals surface area contributed by atoms with Crippen LogP contribution in [0.1, 0.15) is 30.6 Å². The highest BCUT2D eigenvalue weighted by atomic mass is 16.5. The Balaban J connectivity index is 2.06. The molecule has 1 unspecified atom stereocenters. The highest BCUT2D eigenvalue weighted by Gasteiger charge is 2.25. The number of ether oxygens (including phenoxy) is 1. The van der Waals surface area contributed by atoms with E-state index < -0.39 is 5.92 Å². The summed E-state index contributed by atoms with van der Waals surface area (Å²) in [5.74, 6) is -1.01. The molecule has 0 spiro atoms. The lowest BCUT2D eigenvalue weighted by Crippen LogP contribution is -2.30. The number of ketones is 1. The molecule has 1 amide bonds. The summed E-state index contributed by atoms with van der Waals surface area (Å²) >= 11 is 0. The van der Waals surface area contributed by atoms with Gasteiger partial charge >= 0.3 is 0 Å². The fraction of sp³-hybridized carbons (Fsp3) is 0.286. The van der Waals surface area contributed by atoms with Gasteiger partial charge in [0.2, 0.25) is 5.91 Å². The van der Waals surface area contributed by atoms with Crippen LogP contribution >= 0.6 is 0 Å². The van der Waals surface area contributed by atoms with E-state index in [0.717, 1.165) is 5.69 Å². The van der Waals surface area contributed by atoms with E-state index in [0.29, 0.717) is 11.3 Å². The molecule has 26 heavy (non-hydrogen) atoms. The summed E-state index contributed by atoms with van der Waals surface area (Å²) in [6, 6.07) is 17.7. The van der Waals surface area contributed by atoms with Gasteiger partial charge in [-0.3, -0.25) is 9.59 Å². The fourth-order valence-electron chi connectivity index (χ4n) is 2.48. The van der Waals surface area contributed by atoms with E-state index in [9.17, 15) is 14.9 Å². The Morgan fingerprint density at radius 1 is 1.08 bits per heavy atom. The van der Waals surface area contributed by atoms with Crippen LogP contribution in [0.2, 0.25) is 0 Å². The Morgan fingerprint density at radius 2 is 1.69 bits per heavy atom. The van der Waals surface area contributed by atoms with Gasteiger partial charge in [0, 0.05) is 18.3 Å². The van der Waals surface area contributed by atoms with Crippen LogP contribution in [0.25, 0.3) is 0 Å². The average molecular weight is 350 g/mol. The van der Waals surface area contributed by atoms with Crippen molar-refractivity contribution in [1.82, 2.24) is 0 Å². The second kappa shape index (κ2) is 8.82. The molecule has 0 aliphatic rings. The third-order valence-electron chi connectivity index (χ3n) is 3.88. The monoisotopic (exact) mass is 350 g/mol. The minimum atomic E-state index is -1.02. The number of carbonyl (C=O) groups is 2. The predicted molar refractivity (Wildman–Crippen MR) is 100 cm³/mol. The summed E-state index contributed by atoms with van der Waals surface area (Å²) in [6.45, 7) is 3.83. The zero-order chi connectivity index (χ0) is 19.1. The fourth-order valence-corrected chi connectivity index (χ4v) is 2.48. The van der Waals surface area contributed by atoms with Crippen molar-refractivity contribution in [1.29, 1.82) is 5.26 Å². The molecule has 134 valence electrons. The number of nitrogens with zero attached hydrogens (tertiary/aromatic N) is 2. The molecule has 0 aromatic heterocycles. The molecule has 5 nitrogen and oxygen atoms in total. The Labute approximate surface area is 153 Å². The minimum absolute atomic E-state index is 0.0366. The molecular formula is C21H22N2O3. The molecule has 0 heterocycles. The van der Waals surface area contributed by atoms with Crippen LogP contribution < -0.4 is 9.64 Å². The van der Waals surface area contributed by atoms with E-state index in [2.05, 4.69) is 0 Å². The first-order valence-electron chi connectivity index (χ1n) is 8.44. The van der Waals surface area contributed by atoms with Gasteiger partial charge in [-0.15, -0.1) is 0 Å².